The summed E-state index contributed by atoms with van der Waals surface area (Å²) in [5.41, 5.74) is 0. The molecule has 0 amide bonds. The fourth-order valence-electron chi connectivity index (χ4n) is 0.548. The summed E-state index contributed by atoms with van der Waals surface area (Å²) in [7, 11) is -8.28. The summed E-state index contributed by atoms with van der Waals surface area (Å²) in [6.45, 7) is 0.795. The molecule has 14 heavy (non-hydrogen) atoms. The van der Waals surface area contributed by atoms with E-state index in [1.54, 1.807) is 0 Å². The lowest BCUT2D eigenvalue weighted by molar-refractivity contribution is 0.336. The Hall–Kier alpha value is -0.620. The molecule has 0 N–H and O–H groups in total. The molecule has 0 heterocycles. The van der Waals surface area contributed by atoms with Gasteiger partial charge in [0.2, 0.25) is 5.08 Å². The highest BCUT2D eigenvalue weighted by atomic mass is 32.3. The second-order valence-electron chi connectivity index (χ2n) is 2.11. The van der Waals surface area contributed by atoms with E-state index in [1.165, 1.54) is 6.92 Å². The van der Waals surface area contributed by atoms with E-state index >= 15 is 0 Å². The van der Waals surface area contributed by atoms with Crippen molar-refractivity contribution in [3.63, 3.8) is 0 Å². The van der Waals surface area contributed by atoms with Crippen molar-refractivity contribution in [1.29, 1.82) is 0 Å². The van der Waals surface area contributed by atoms with E-state index in [0.29, 0.717) is 0 Å². The van der Waals surface area contributed by atoms with Crippen LogP contribution in [-0.4, -0.2) is 35.1 Å². The Balaban J connectivity index is 4.46. The number of terminal acetylenes is 1. The molecule has 0 aromatic heterocycles. The van der Waals surface area contributed by atoms with Crippen LogP contribution in [-0.2, 0) is 28.6 Å². The molecule has 8 heteroatoms. The first kappa shape index (κ1) is 13.4. The quantitative estimate of drug-likeness (QED) is 0.451. The van der Waals surface area contributed by atoms with Gasteiger partial charge in [-0.3, -0.25) is 8.37 Å². The van der Waals surface area contributed by atoms with Gasteiger partial charge in [0.25, 0.3) is 20.2 Å². The molecule has 0 saturated carbocycles. The van der Waals surface area contributed by atoms with E-state index < -0.39 is 31.9 Å². The highest BCUT2D eigenvalue weighted by molar-refractivity contribution is 8.03. The highest BCUT2D eigenvalue weighted by Crippen LogP contribution is 2.01. The van der Waals surface area contributed by atoms with Crippen molar-refractivity contribution in [1.82, 2.24) is 0 Å². The summed E-state index contributed by atoms with van der Waals surface area (Å²) >= 11 is 0. The molecule has 0 radical (unpaired) electrons. The molecule has 0 bridgehead atoms. The number of hydrogen-bond donors (Lipinski definition) is 0. The zero-order valence-corrected chi connectivity index (χ0v) is 9.10. The van der Waals surface area contributed by atoms with Crippen LogP contribution in [0.5, 0.6) is 0 Å². The molecule has 0 unspecified atom stereocenters. The largest absolute Gasteiger partial charge is 0.285 e. The van der Waals surface area contributed by atoms with E-state index in [1.807, 2.05) is 5.92 Å². The molecule has 0 saturated heterocycles. The van der Waals surface area contributed by atoms with E-state index in [4.69, 9.17) is 6.42 Å². The standard InChI is InChI=1S/C6H10O6S2/c1-3-5-12-14(9,10)6-13(7,8)11-4-2/h1H,4-6H2,2H3. The number of rotatable bonds is 6. The smallest absolute Gasteiger partial charge is 0.270 e. The van der Waals surface area contributed by atoms with Gasteiger partial charge in [0.05, 0.1) is 6.61 Å². The molecule has 0 atom stereocenters. The van der Waals surface area contributed by atoms with Crippen LogP contribution in [0.15, 0.2) is 0 Å². The van der Waals surface area contributed by atoms with Crippen LogP contribution < -0.4 is 0 Å². The predicted molar refractivity (Wildman–Crippen MR) is 49.1 cm³/mol. The average molecular weight is 242 g/mol. The topological polar surface area (TPSA) is 86.7 Å². The van der Waals surface area contributed by atoms with Crippen molar-refractivity contribution in [2.45, 2.75) is 6.92 Å². The van der Waals surface area contributed by atoms with Gasteiger partial charge in [0.15, 0.2) is 0 Å². The van der Waals surface area contributed by atoms with Gasteiger partial charge in [-0.15, -0.1) is 6.42 Å². The van der Waals surface area contributed by atoms with Gasteiger partial charge in [-0.05, 0) is 6.92 Å². The molecule has 0 spiro atoms. The van der Waals surface area contributed by atoms with Gasteiger partial charge in [-0.25, -0.2) is 0 Å². The predicted octanol–water partition coefficient (Wildman–Crippen LogP) is -0.710. The van der Waals surface area contributed by atoms with E-state index in [0.717, 1.165) is 0 Å². The third kappa shape index (κ3) is 5.93. The van der Waals surface area contributed by atoms with E-state index in [9.17, 15) is 16.8 Å². The molecule has 82 valence electrons. The first-order valence-corrected chi connectivity index (χ1v) is 6.66. The Morgan fingerprint density at radius 3 is 2.07 bits per heavy atom. The Kier molecular flexibility index (Phi) is 5.07. The van der Waals surface area contributed by atoms with Gasteiger partial charge < -0.3 is 0 Å². The molecule has 0 aliphatic carbocycles. The average Bonchev–Trinajstić information content (AvgIpc) is 1.98. The van der Waals surface area contributed by atoms with Crippen molar-refractivity contribution in [3.05, 3.63) is 0 Å². The van der Waals surface area contributed by atoms with Crippen molar-refractivity contribution < 1.29 is 25.2 Å². The van der Waals surface area contributed by atoms with Crippen molar-refractivity contribution in [2.75, 3.05) is 18.3 Å². The fraction of sp³-hybridized carbons (Fsp3) is 0.667. The van der Waals surface area contributed by atoms with Crippen molar-refractivity contribution >= 4 is 20.2 Å². The normalized spacial score (nSPS) is 12.3. The fourth-order valence-corrected chi connectivity index (χ4v) is 3.11. The van der Waals surface area contributed by atoms with Gasteiger partial charge in [0, 0.05) is 0 Å². The summed E-state index contributed by atoms with van der Waals surface area (Å²) in [6.07, 6.45) is 4.74. The van der Waals surface area contributed by atoms with Gasteiger partial charge >= 0.3 is 0 Å². The maximum absolute atomic E-state index is 10.9. The third-order valence-corrected chi connectivity index (χ3v) is 4.29. The maximum atomic E-state index is 10.9. The monoisotopic (exact) mass is 242 g/mol. The Labute approximate surface area is 83.5 Å². The molecule has 6 nitrogen and oxygen atoms in total. The van der Waals surface area contributed by atoms with Gasteiger partial charge in [0.1, 0.15) is 6.61 Å². The first-order chi connectivity index (χ1) is 6.33. The van der Waals surface area contributed by atoms with Crippen LogP contribution in [0.3, 0.4) is 0 Å². The zero-order valence-electron chi connectivity index (χ0n) is 7.46. The maximum Gasteiger partial charge on any atom is 0.285 e. The SMILES string of the molecule is C#CCOS(=O)(=O)CS(=O)(=O)OCC. The minimum Gasteiger partial charge on any atom is -0.270 e. The summed E-state index contributed by atoms with van der Waals surface area (Å²) in [6, 6.07) is 0. The lowest BCUT2D eigenvalue weighted by atomic mass is 10.8. The summed E-state index contributed by atoms with van der Waals surface area (Å²) in [4.78, 5) is 0. The van der Waals surface area contributed by atoms with Crippen LogP contribution in [0.2, 0.25) is 0 Å². The second kappa shape index (κ2) is 5.31. The third-order valence-electron chi connectivity index (χ3n) is 0.908. The molecular formula is C6H10O6S2. The zero-order chi connectivity index (χ0) is 11.2. The molecule has 0 aliphatic heterocycles. The molecule has 0 aromatic rings. The summed E-state index contributed by atoms with van der Waals surface area (Å²) < 4.78 is 51.9. The second-order valence-corrected chi connectivity index (χ2v) is 5.75. The summed E-state index contributed by atoms with van der Waals surface area (Å²) in [5.74, 6) is 1.90. The lowest BCUT2D eigenvalue weighted by Crippen LogP contribution is -2.20. The molecule has 0 fully saturated rings. The lowest BCUT2D eigenvalue weighted by Gasteiger charge is -2.03. The van der Waals surface area contributed by atoms with Gasteiger partial charge in [-0.1, -0.05) is 5.92 Å². The van der Waals surface area contributed by atoms with Crippen LogP contribution in [0.4, 0.5) is 0 Å². The first-order valence-electron chi connectivity index (χ1n) is 3.50. The highest BCUT2D eigenvalue weighted by Gasteiger charge is 2.23. The van der Waals surface area contributed by atoms with Crippen LogP contribution in [0.1, 0.15) is 6.92 Å². The van der Waals surface area contributed by atoms with Crippen LogP contribution in [0, 0.1) is 12.3 Å². The number of hydrogen-bond acceptors (Lipinski definition) is 6. The minimum atomic E-state index is -4.18. The van der Waals surface area contributed by atoms with E-state index in [-0.39, 0.29) is 6.61 Å². The molecule has 0 aromatic carbocycles. The Morgan fingerprint density at radius 1 is 1.14 bits per heavy atom. The Bertz CT molecular complexity index is 398. The molecule has 0 aliphatic rings. The van der Waals surface area contributed by atoms with Crippen molar-refractivity contribution in [2.24, 2.45) is 0 Å². The Morgan fingerprint density at radius 2 is 1.64 bits per heavy atom. The summed E-state index contributed by atoms with van der Waals surface area (Å²) in [5, 5.41) is -1.23. The van der Waals surface area contributed by atoms with Gasteiger partial charge in [-0.2, -0.15) is 16.8 Å². The minimum absolute atomic E-state index is 0.132. The molecular weight excluding hydrogens is 232 g/mol. The molecule has 0 rings (SSSR count). The van der Waals surface area contributed by atoms with Crippen LogP contribution in [0.25, 0.3) is 0 Å². The van der Waals surface area contributed by atoms with Crippen LogP contribution >= 0.6 is 0 Å². The van der Waals surface area contributed by atoms with E-state index in [2.05, 4.69) is 8.37 Å². The van der Waals surface area contributed by atoms with Crippen molar-refractivity contribution in [3.8, 4) is 12.3 Å².